The lowest BCUT2D eigenvalue weighted by Gasteiger charge is -2.15. The monoisotopic (exact) mass is 464 g/mol. The highest BCUT2D eigenvalue weighted by Crippen LogP contribution is 2.38. The summed E-state index contributed by atoms with van der Waals surface area (Å²) in [5.41, 5.74) is 3.52. The largest absolute Gasteiger partial charge is 0.497 e. The molecule has 0 saturated carbocycles. The number of hydrogen-bond acceptors (Lipinski definition) is 7. The number of carbonyl (C=O) groups excluding carboxylic acids is 2. The zero-order valence-electron chi connectivity index (χ0n) is 16.2. The summed E-state index contributed by atoms with van der Waals surface area (Å²) in [5, 5.41) is 1.38. The van der Waals surface area contributed by atoms with E-state index < -0.39 is 11.8 Å². The van der Waals surface area contributed by atoms with Gasteiger partial charge in [0.05, 0.1) is 31.3 Å². The SMILES string of the molecule is COc1ccc(C(=O)NN2C(=O)/C(=C/c3cc(Cl)c(OC)c(OC)c3)SC2=S)cc1. The number of methoxy groups -OCH3 is 3. The van der Waals surface area contributed by atoms with Crippen LogP contribution in [0, 0.1) is 0 Å². The Kier molecular flexibility index (Phi) is 6.86. The average molecular weight is 465 g/mol. The van der Waals surface area contributed by atoms with Crippen molar-refractivity contribution in [3.63, 3.8) is 0 Å². The Labute approximate surface area is 187 Å². The Hall–Kier alpha value is -2.75. The van der Waals surface area contributed by atoms with Crippen LogP contribution in [0.2, 0.25) is 5.02 Å². The van der Waals surface area contributed by atoms with Crippen LogP contribution in [0.5, 0.6) is 17.2 Å². The second-order valence-electron chi connectivity index (χ2n) is 5.92. The first kappa shape index (κ1) is 21.9. The predicted octanol–water partition coefficient (Wildman–Crippen LogP) is 3.91. The minimum Gasteiger partial charge on any atom is -0.497 e. The summed E-state index contributed by atoms with van der Waals surface area (Å²) < 4.78 is 15.8. The molecule has 0 atom stereocenters. The molecule has 2 aromatic carbocycles. The van der Waals surface area contributed by atoms with Gasteiger partial charge in [-0.25, -0.2) is 0 Å². The maximum atomic E-state index is 12.8. The summed E-state index contributed by atoms with van der Waals surface area (Å²) in [6.07, 6.45) is 1.62. The number of thiocarbonyl (C=S) groups is 1. The van der Waals surface area contributed by atoms with Gasteiger partial charge in [0.25, 0.3) is 11.8 Å². The third kappa shape index (κ3) is 4.53. The normalized spacial score (nSPS) is 14.8. The fourth-order valence-corrected chi connectivity index (χ4v) is 4.12. The lowest BCUT2D eigenvalue weighted by atomic mass is 10.2. The van der Waals surface area contributed by atoms with E-state index in [1.165, 1.54) is 21.3 Å². The van der Waals surface area contributed by atoms with Crippen molar-refractivity contribution in [3.05, 3.63) is 57.5 Å². The number of hydrazine groups is 1. The van der Waals surface area contributed by atoms with Gasteiger partial charge < -0.3 is 14.2 Å². The molecule has 0 bridgehead atoms. The van der Waals surface area contributed by atoms with Gasteiger partial charge in [0.15, 0.2) is 15.8 Å². The molecule has 1 N–H and O–H groups in total. The number of amides is 2. The van der Waals surface area contributed by atoms with Gasteiger partial charge in [-0.3, -0.25) is 15.0 Å². The molecule has 0 aliphatic carbocycles. The molecule has 1 fully saturated rings. The Bertz CT molecular complexity index is 1040. The molecule has 10 heteroatoms. The van der Waals surface area contributed by atoms with Crippen LogP contribution in [0.1, 0.15) is 15.9 Å². The molecule has 1 aliphatic heterocycles. The molecule has 30 heavy (non-hydrogen) atoms. The lowest BCUT2D eigenvalue weighted by Crippen LogP contribution is -2.44. The first-order chi connectivity index (χ1) is 14.4. The molecule has 0 radical (unpaired) electrons. The van der Waals surface area contributed by atoms with Crippen LogP contribution < -0.4 is 19.6 Å². The summed E-state index contributed by atoms with van der Waals surface area (Å²) in [4.78, 5) is 25.6. The number of halogens is 1. The quantitative estimate of drug-likeness (QED) is 0.513. The number of benzene rings is 2. The molecule has 7 nitrogen and oxygen atoms in total. The van der Waals surface area contributed by atoms with Crippen LogP contribution >= 0.6 is 35.6 Å². The first-order valence-corrected chi connectivity index (χ1v) is 10.1. The van der Waals surface area contributed by atoms with E-state index in [2.05, 4.69) is 5.43 Å². The van der Waals surface area contributed by atoms with Crippen molar-refractivity contribution in [2.24, 2.45) is 0 Å². The van der Waals surface area contributed by atoms with Crippen LogP contribution in [-0.2, 0) is 4.79 Å². The van der Waals surface area contributed by atoms with Crippen LogP contribution in [0.3, 0.4) is 0 Å². The van der Waals surface area contributed by atoms with Gasteiger partial charge in [-0.15, -0.1) is 0 Å². The van der Waals surface area contributed by atoms with E-state index >= 15 is 0 Å². The first-order valence-electron chi connectivity index (χ1n) is 8.52. The van der Waals surface area contributed by atoms with E-state index in [1.54, 1.807) is 42.5 Å². The van der Waals surface area contributed by atoms with Crippen molar-refractivity contribution in [3.8, 4) is 17.2 Å². The fourth-order valence-electron chi connectivity index (χ4n) is 2.65. The van der Waals surface area contributed by atoms with E-state index in [1.807, 2.05) is 0 Å². The van der Waals surface area contributed by atoms with Crippen LogP contribution in [0.15, 0.2) is 41.3 Å². The summed E-state index contributed by atoms with van der Waals surface area (Å²) in [7, 11) is 4.51. The molecule has 2 aromatic rings. The third-order valence-corrected chi connectivity index (χ3v) is 5.70. The van der Waals surface area contributed by atoms with E-state index in [0.29, 0.717) is 38.3 Å². The summed E-state index contributed by atoms with van der Waals surface area (Å²) in [6.45, 7) is 0. The molecule has 0 unspecified atom stereocenters. The summed E-state index contributed by atoms with van der Waals surface area (Å²) in [6, 6.07) is 9.82. The maximum absolute atomic E-state index is 12.8. The second kappa shape index (κ2) is 9.38. The van der Waals surface area contributed by atoms with E-state index in [-0.39, 0.29) is 4.32 Å². The van der Waals surface area contributed by atoms with Gasteiger partial charge in [-0.1, -0.05) is 23.4 Å². The molecule has 2 amide bonds. The van der Waals surface area contributed by atoms with Crippen molar-refractivity contribution < 1.29 is 23.8 Å². The minimum atomic E-state index is -0.468. The standard InChI is InChI=1S/C20H17ClN2O5S2/c1-26-13-6-4-12(5-7-13)18(24)22-23-19(25)16(30-20(23)29)10-11-8-14(21)17(28-3)15(9-11)27-2/h4-10H,1-3H3,(H,22,24)/b16-10-. The average Bonchev–Trinajstić information content (AvgIpc) is 3.00. The molecule has 1 aliphatic rings. The van der Waals surface area contributed by atoms with Crippen molar-refractivity contribution in [1.82, 2.24) is 10.4 Å². The van der Waals surface area contributed by atoms with E-state index in [4.69, 9.17) is 38.0 Å². The molecular formula is C20H17ClN2O5S2. The molecular weight excluding hydrogens is 448 g/mol. The molecule has 3 rings (SSSR count). The maximum Gasteiger partial charge on any atom is 0.285 e. The predicted molar refractivity (Wildman–Crippen MR) is 120 cm³/mol. The molecule has 0 spiro atoms. The van der Waals surface area contributed by atoms with Crippen molar-refractivity contribution >= 4 is 57.8 Å². The number of thioether (sulfide) groups is 1. The Morgan fingerprint density at radius 1 is 1.13 bits per heavy atom. The van der Waals surface area contributed by atoms with Crippen molar-refractivity contribution in [2.45, 2.75) is 0 Å². The zero-order chi connectivity index (χ0) is 21.8. The van der Waals surface area contributed by atoms with E-state index in [9.17, 15) is 9.59 Å². The van der Waals surface area contributed by atoms with Crippen molar-refractivity contribution in [2.75, 3.05) is 21.3 Å². The number of hydrogen-bond donors (Lipinski definition) is 1. The second-order valence-corrected chi connectivity index (χ2v) is 8.01. The highest BCUT2D eigenvalue weighted by Gasteiger charge is 2.34. The molecule has 0 aromatic heterocycles. The molecule has 1 heterocycles. The number of nitrogens with zero attached hydrogens (tertiary/aromatic N) is 1. The summed E-state index contributed by atoms with van der Waals surface area (Å²) >= 11 is 12.5. The smallest absolute Gasteiger partial charge is 0.285 e. The number of rotatable bonds is 6. The van der Waals surface area contributed by atoms with Crippen LogP contribution in [0.25, 0.3) is 6.08 Å². The molecule has 156 valence electrons. The number of carbonyl (C=O) groups is 2. The van der Waals surface area contributed by atoms with Crippen molar-refractivity contribution in [1.29, 1.82) is 0 Å². The molecule has 1 saturated heterocycles. The lowest BCUT2D eigenvalue weighted by molar-refractivity contribution is -0.123. The van der Waals surface area contributed by atoms with Gasteiger partial charge in [-0.2, -0.15) is 5.01 Å². The Morgan fingerprint density at radius 2 is 1.83 bits per heavy atom. The summed E-state index contributed by atoms with van der Waals surface area (Å²) in [5.74, 6) is 0.533. The third-order valence-electron chi connectivity index (χ3n) is 4.11. The number of ether oxygens (including phenoxy) is 3. The van der Waals surface area contributed by atoms with Gasteiger partial charge in [0.1, 0.15) is 5.75 Å². The van der Waals surface area contributed by atoms with Gasteiger partial charge in [0.2, 0.25) is 0 Å². The van der Waals surface area contributed by atoms with Gasteiger partial charge in [0, 0.05) is 5.56 Å². The fraction of sp³-hybridized carbons (Fsp3) is 0.150. The topological polar surface area (TPSA) is 77.1 Å². The van der Waals surface area contributed by atoms with Gasteiger partial charge >= 0.3 is 0 Å². The Balaban J connectivity index is 1.80. The highest BCUT2D eigenvalue weighted by molar-refractivity contribution is 8.26. The van der Waals surface area contributed by atoms with Gasteiger partial charge in [-0.05, 0) is 60.3 Å². The Morgan fingerprint density at radius 3 is 2.43 bits per heavy atom. The van der Waals surface area contributed by atoms with Crippen LogP contribution in [-0.4, -0.2) is 42.5 Å². The highest BCUT2D eigenvalue weighted by atomic mass is 35.5. The zero-order valence-corrected chi connectivity index (χ0v) is 18.6. The van der Waals surface area contributed by atoms with Crippen LogP contribution in [0.4, 0.5) is 0 Å². The number of nitrogens with one attached hydrogen (secondary N) is 1. The van der Waals surface area contributed by atoms with E-state index in [0.717, 1.165) is 16.8 Å². The minimum absolute atomic E-state index is 0.208.